The molecule has 0 unspecified atom stereocenters. The van der Waals surface area contributed by atoms with Crippen molar-refractivity contribution in [1.29, 1.82) is 0 Å². The van der Waals surface area contributed by atoms with E-state index in [1.807, 2.05) is 0 Å². The Morgan fingerprint density at radius 2 is 1.94 bits per heavy atom. The molecule has 6 nitrogen and oxygen atoms in total. The SMILES string of the molecule is COc1cc(C(F)(F)F)ccc1-c1nnc([C@H](O)[C@H]2CCCN(C)C2=O)c2c1CCC2. The lowest BCUT2D eigenvalue weighted by Gasteiger charge is -2.32. The molecular weight excluding hydrogens is 411 g/mol. The number of fused-ring (bicyclic) bond motifs is 1. The summed E-state index contributed by atoms with van der Waals surface area (Å²) in [6.45, 7) is 0.665. The van der Waals surface area contributed by atoms with E-state index >= 15 is 0 Å². The molecule has 1 aliphatic heterocycles. The van der Waals surface area contributed by atoms with Crippen molar-refractivity contribution < 1.29 is 27.8 Å². The second-order valence-electron chi connectivity index (χ2n) is 8.11. The number of alkyl halides is 3. The minimum atomic E-state index is -4.48. The maximum absolute atomic E-state index is 13.1. The van der Waals surface area contributed by atoms with Gasteiger partial charge in [-0.1, -0.05) is 0 Å². The number of hydrogen-bond donors (Lipinski definition) is 1. The Labute approximate surface area is 178 Å². The third-order valence-electron chi connectivity index (χ3n) is 6.22. The van der Waals surface area contributed by atoms with Crippen molar-refractivity contribution in [2.75, 3.05) is 20.7 Å². The topological polar surface area (TPSA) is 75.6 Å². The average Bonchev–Trinajstić information content (AvgIpc) is 3.23. The summed E-state index contributed by atoms with van der Waals surface area (Å²) in [5.74, 6) is -0.611. The normalized spacial score (nSPS) is 20.0. The number of carbonyl (C=O) groups excluding carboxylic acids is 1. The van der Waals surface area contributed by atoms with Crippen molar-refractivity contribution in [2.24, 2.45) is 5.92 Å². The number of likely N-dealkylation sites (tertiary alicyclic amines) is 1. The summed E-state index contributed by atoms with van der Waals surface area (Å²) in [6.07, 6.45) is -2.00. The first kappa shape index (κ1) is 21.5. The van der Waals surface area contributed by atoms with E-state index in [9.17, 15) is 23.1 Å². The fourth-order valence-electron chi connectivity index (χ4n) is 4.58. The zero-order valence-electron chi connectivity index (χ0n) is 17.4. The van der Waals surface area contributed by atoms with E-state index in [0.717, 1.165) is 36.1 Å². The molecule has 4 rings (SSSR count). The largest absolute Gasteiger partial charge is 0.496 e. The number of halogens is 3. The molecule has 9 heteroatoms. The number of aromatic nitrogens is 2. The number of aliphatic hydroxyl groups excluding tert-OH is 1. The van der Waals surface area contributed by atoms with Crippen LogP contribution in [0, 0.1) is 5.92 Å². The van der Waals surface area contributed by atoms with Crippen LogP contribution in [0.3, 0.4) is 0 Å². The number of rotatable bonds is 4. The Morgan fingerprint density at radius 3 is 2.65 bits per heavy atom. The number of nitrogens with zero attached hydrogens (tertiary/aromatic N) is 3. The second-order valence-corrected chi connectivity index (χ2v) is 8.11. The molecule has 1 N–H and O–H groups in total. The smallest absolute Gasteiger partial charge is 0.416 e. The monoisotopic (exact) mass is 435 g/mol. The molecule has 1 fully saturated rings. The van der Waals surface area contributed by atoms with E-state index in [4.69, 9.17) is 4.74 Å². The average molecular weight is 435 g/mol. The first-order valence-electron chi connectivity index (χ1n) is 10.3. The van der Waals surface area contributed by atoms with Gasteiger partial charge in [0.05, 0.1) is 24.3 Å². The summed E-state index contributed by atoms with van der Waals surface area (Å²) < 4.78 is 44.5. The first-order valence-corrected chi connectivity index (χ1v) is 10.3. The summed E-state index contributed by atoms with van der Waals surface area (Å²) in [7, 11) is 3.03. The highest BCUT2D eigenvalue weighted by molar-refractivity contribution is 5.80. The van der Waals surface area contributed by atoms with Crippen molar-refractivity contribution in [2.45, 2.75) is 44.4 Å². The van der Waals surface area contributed by atoms with Crippen LogP contribution in [-0.2, 0) is 23.8 Å². The first-order chi connectivity index (χ1) is 14.7. The van der Waals surface area contributed by atoms with E-state index in [-0.39, 0.29) is 11.7 Å². The maximum Gasteiger partial charge on any atom is 0.416 e. The molecule has 1 saturated heterocycles. The Bertz CT molecular complexity index is 1010. The van der Waals surface area contributed by atoms with Crippen molar-refractivity contribution in [1.82, 2.24) is 15.1 Å². The summed E-state index contributed by atoms with van der Waals surface area (Å²) in [5, 5.41) is 19.5. The van der Waals surface area contributed by atoms with Crippen molar-refractivity contribution in [3.63, 3.8) is 0 Å². The molecule has 1 aromatic carbocycles. The number of ether oxygens (including phenoxy) is 1. The van der Waals surface area contributed by atoms with Crippen LogP contribution in [0.5, 0.6) is 5.75 Å². The number of carbonyl (C=O) groups is 1. The minimum Gasteiger partial charge on any atom is -0.496 e. The van der Waals surface area contributed by atoms with Gasteiger partial charge < -0.3 is 14.7 Å². The molecule has 0 saturated carbocycles. The van der Waals surface area contributed by atoms with E-state index in [1.54, 1.807) is 11.9 Å². The molecular formula is C22H24F3N3O3. The quantitative estimate of drug-likeness (QED) is 0.795. The van der Waals surface area contributed by atoms with Gasteiger partial charge in [0.1, 0.15) is 17.5 Å². The Hall–Kier alpha value is -2.68. The van der Waals surface area contributed by atoms with E-state index in [2.05, 4.69) is 10.2 Å². The highest BCUT2D eigenvalue weighted by Gasteiger charge is 2.37. The summed E-state index contributed by atoms with van der Waals surface area (Å²) in [5.41, 5.74) is 2.16. The van der Waals surface area contributed by atoms with Crippen LogP contribution in [0.1, 0.15) is 47.8 Å². The van der Waals surface area contributed by atoms with Crippen LogP contribution in [0.4, 0.5) is 13.2 Å². The molecule has 166 valence electrons. The van der Waals surface area contributed by atoms with Gasteiger partial charge in [0.15, 0.2) is 0 Å². The van der Waals surface area contributed by atoms with Crippen LogP contribution in [-0.4, -0.2) is 46.8 Å². The van der Waals surface area contributed by atoms with E-state index < -0.39 is 23.8 Å². The molecule has 0 radical (unpaired) electrons. The predicted octanol–water partition coefficient (Wildman–Crippen LogP) is 3.56. The highest BCUT2D eigenvalue weighted by Crippen LogP contribution is 2.41. The molecule has 2 atom stereocenters. The molecule has 1 aliphatic carbocycles. The number of aliphatic hydroxyl groups is 1. The Balaban J connectivity index is 1.75. The molecule has 0 spiro atoms. The summed E-state index contributed by atoms with van der Waals surface area (Å²) in [4.78, 5) is 14.2. The van der Waals surface area contributed by atoms with Crippen molar-refractivity contribution in [3.8, 4) is 17.0 Å². The zero-order valence-corrected chi connectivity index (χ0v) is 17.4. The molecule has 1 aromatic heterocycles. The lowest BCUT2D eigenvalue weighted by Crippen LogP contribution is -2.41. The molecule has 2 aliphatic rings. The predicted molar refractivity (Wildman–Crippen MR) is 106 cm³/mol. The number of benzene rings is 1. The summed E-state index contributed by atoms with van der Waals surface area (Å²) in [6, 6.07) is 3.30. The fourth-order valence-corrected chi connectivity index (χ4v) is 4.58. The van der Waals surface area contributed by atoms with Crippen molar-refractivity contribution >= 4 is 5.91 Å². The van der Waals surface area contributed by atoms with Gasteiger partial charge in [-0.2, -0.15) is 18.3 Å². The van der Waals surface area contributed by atoms with Gasteiger partial charge in [-0.25, -0.2) is 0 Å². The number of amides is 1. The van der Waals surface area contributed by atoms with Gasteiger partial charge in [-0.3, -0.25) is 4.79 Å². The van der Waals surface area contributed by atoms with Gasteiger partial charge in [0.25, 0.3) is 0 Å². The van der Waals surface area contributed by atoms with E-state index in [0.29, 0.717) is 42.8 Å². The number of methoxy groups -OCH3 is 1. The van der Waals surface area contributed by atoms with Crippen LogP contribution in [0.15, 0.2) is 18.2 Å². The number of hydrogen-bond acceptors (Lipinski definition) is 5. The van der Waals surface area contributed by atoms with Crippen molar-refractivity contribution in [3.05, 3.63) is 40.6 Å². The third kappa shape index (κ3) is 3.86. The van der Waals surface area contributed by atoms with Crippen LogP contribution in [0.25, 0.3) is 11.3 Å². The lowest BCUT2D eigenvalue weighted by molar-refractivity contribution is -0.141. The maximum atomic E-state index is 13.1. The van der Waals surface area contributed by atoms with Gasteiger partial charge in [-0.05, 0) is 61.4 Å². The summed E-state index contributed by atoms with van der Waals surface area (Å²) >= 11 is 0. The molecule has 31 heavy (non-hydrogen) atoms. The van der Waals surface area contributed by atoms with Crippen LogP contribution in [0.2, 0.25) is 0 Å². The Morgan fingerprint density at radius 1 is 1.19 bits per heavy atom. The third-order valence-corrected chi connectivity index (χ3v) is 6.22. The van der Waals surface area contributed by atoms with Gasteiger partial charge >= 0.3 is 6.18 Å². The van der Waals surface area contributed by atoms with Crippen LogP contribution >= 0.6 is 0 Å². The molecule has 2 aromatic rings. The molecule has 0 bridgehead atoms. The minimum absolute atomic E-state index is 0.0654. The second kappa shape index (κ2) is 8.11. The highest BCUT2D eigenvalue weighted by atomic mass is 19.4. The lowest BCUT2D eigenvalue weighted by atomic mass is 9.87. The van der Waals surface area contributed by atoms with Crippen LogP contribution < -0.4 is 4.74 Å². The van der Waals surface area contributed by atoms with E-state index in [1.165, 1.54) is 13.2 Å². The molecule has 2 heterocycles. The molecule has 1 amide bonds. The Kier molecular flexibility index (Phi) is 5.63. The fraction of sp³-hybridized carbons (Fsp3) is 0.500. The standard InChI is InChI=1S/C22H24F3N3O3/c1-28-10-4-7-16(21(28)30)20(29)19-14-6-3-5-13(14)18(26-27-19)15-9-8-12(22(23,24)25)11-17(15)31-2/h8-9,11,16,20,29H,3-7,10H2,1-2H3/t16-,20-/m1/s1. The van der Waals surface area contributed by atoms with Gasteiger partial charge in [-0.15, -0.1) is 5.10 Å². The number of piperidine rings is 1. The zero-order chi connectivity index (χ0) is 22.3. The van der Waals surface area contributed by atoms with Gasteiger partial charge in [0, 0.05) is 19.2 Å². The van der Waals surface area contributed by atoms with Gasteiger partial charge in [0.2, 0.25) is 5.91 Å².